The molecule has 0 aliphatic rings. The van der Waals surface area contributed by atoms with Gasteiger partial charge in [-0.15, -0.1) is 11.3 Å². The third-order valence-corrected chi connectivity index (χ3v) is 6.77. The van der Waals surface area contributed by atoms with Crippen molar-refractivity contribution in [3.8, 4) is 16.3 Å². The molecule has 0 saturated heterocycles. The van der Waals surface area contributed by atoms with E-state index in [1.165, 1.54) is 19.2 Å². The van der Waals surface area contributed by atoms with Gasteiger partial charge in [-0.05, 0) is 54.7 Å². The van der Waals surface area contributed by atoms with Crippen molar-refractivity contribution >= 4 is 89.6 Å². The number of thiocarbonyl (C=S) groups is 1. The van der Waals surface area contributed by atoms with Crippen molar-refractivity contribution in [2.75, 3.05) is 12.4 Å². The average molecular weight is 567 g/mol. The van der Waals surface area contributed by atoms with Gasteiger partial charge < -0.3 is 10.1 Å². The fourth-order valence-electron chi connectivity index (χ4n) is 3.00. The molecule has 4 rings (SSSR count). The van der Waals surface area contributed by atoms with Gasteiger partial charge in [0.05, 0.1) is 33.1 Å². The lowest BCUT2D eigenvalue weighted by molar-refractivity contribution is 0.0977. The van der Waals surface area contributed by atoms with Crippen molar-refractivity contribution in [2.45, 2.75) is 0 Å². The lowest BCUT2D eigenvalue weighted by Crippen LogP contribution is -2.34. The van der Waals surface area contributed by atoms with E-state index in [0.717, 1.165) is 25.3 Å². The number of para-hydroxylation sites is 1. The number of aromatic nitrogens is 1. The number of halogens is 3. The molecule has 0 spiro atoms. The van der Waals surface area contributed by atoms with Crippen LogP contribution in [0.2, 0.25) is 10.0 Å². The van der Waals surface area contributed by atoms with Crippen LogP contribution in [0.25, 0.3) is 20.8 Å². The fraction of sp³-hybridized carbons (Fsp3) is 0.0455. The van der Waals surface area contributed by atoms with E-state index >= 15 is 0 Å². The number of nitrogens with zero attached hydrogens (tertiary/aromatic N) is 1. The Balaban J connectivity index is 1.57. The van der Waals surface area contributed by atoms with E-state index in [1.807, 2.05) is 42.5 Å². The predicted molar refractivity (Wildman–Crippen MR) is 139 cm³/mol. The number of fused-ring (bicyclic) bond motifs is 1. The summed E-state index contributed by atoms with van der Waals surface area (Å²) in [4.78, 5) is 17.4. The SMILES string of the molecule is COc1c(Cl)cc(C(=O)NC(=S)Nc2ccc(Br)cc2-c2nc3ccccc3s2)cc1Cl. The van der Waals surface area contributed by atoms with Crippen LogP contribution in [0.1, 0.15) is 10.4 Å². The van der Waals surface area contributed by atoms with Crippen LogP contribution in [0.4, 0.5) is 5.69 Å². The minimum absolute atomic E-state index is 0.128. The number of hydrogen-bond donors (Lipinski definition) is 2. The highest BCUT2D eigenvalue weighted by Crippen LogP contribution is 2.36. The van der Waals surface area contributed by atoms with Crippen LogP contribution in [0, 0.1) is 0 Å². The third-order valence-electron chi connectivity index (χ3n) is 4.45. The molecule has 0 aliphatic carbocycles. The molecular formula is C22H14BrCl2N3O2S2. The number of benzene rings is 3. The molecule has 1 amide bonds. The molecule has 3 aromatic carbocycles. The Morgan fingerprint density at radius 3 is 2.53 bits per heavy atom. The van der Waals surface area contributed by atoms with Gasteiger partial charge in [-0.25, -0.2) is 4.98 Å². The number of amides is 1. The Bertz CT molecular complexity index is 1300. The summed E-state index contributed by atoms with van der Waals surface area (Å²) >= 11 is 22.7. The lowest BCUT2D eigenvalue weighted by atomic mass is 10.2. The van der Waals surface area contributed by atoms with Crippen LogP contribution in [0.15, 0.2) is 59.1 Å². The Labute approximate surface area is 211 Å². The molecule has 0 radical (unpaired) electrons. The summed E-state index contributed by atoms with van der Waals surface area (Å²) in [6.45, 7) is 0. The topological polar surface area (TPSA) is 63.2 Å². The van der Waals surface area contributed by atoms with Crippen LogP contribution in [0.3, 0.4) is 0 Å². The second-order valence-corrected chi connectivity index (χ2v) is 9.73. The smallest absolute Gasteiger partial charge is 0.257 e. The van der Waals surface area contributed by atoms with Gasteiger partial charge in [-0.3, -0.25) is 10.1 Å². The van der Waals surface area contributed by atoms with Gasteiger partial charge in [-0.2, -0.15) is 0 Å². The first-order valence-electron chi connectivity index (χ1n) is 9.16. The summed E-state index contributed by atoms with van der Waals surface area (Å²) in [6, 6.07) is 16.6. The minimum atomic E-state index is -0.451. The van der Waals surface area contributed by atoms with E-state index < -0.39 is 5.91 Å². The molecule has 0 atom stereocenters. The maximum Gasteiger partial charge on any atom is 0.257 e. The Kier molecular flexibility index (Phi) is 6.97. The zero-order valence-corrected chi connectivity index (χ0v) is 21.1. The average Bonchev–Trinajstić information content (AvgIpc) is 3.18. The number of nitrogens with one attached hydrogen (secondary N) is 2. The van der Waals surface area contributed by atoms with E-state index in [9.17, 15) is 4.79 Å². The van der Waals surface area contributed by atoms with E-state index in [0.29, 0.717) is 11.4 Å². The van der Waals surface area contributed by atoms with E-state index in [-0.39, 0.29) is 20.7 Å². The number of hydrogen-bond acceptors (Lipinski definition) is 5. The fourth-order valence-corrected chi connectivity index (χ4v) is 5.21. The van der Waals surface area contributed by atoms with E-state index in [1.54, 1.807) is 11.3 Å². The Morgan fingerprint density at radius 2 is 1.84 bits per heavy atom. The van der Waals surface area contributed by atoms with E-state index in [2.05, 4.69) is 26.6 Å². The number of carbonyl (C=O) groups is 1. The number of thiazole rings is 1. The first kappa shape index (κ1) is 22.9. The monoisotopic (exact) mass is 565 g/mol. The molecule has 10 heteroatoms. The van der Waals surface area contributed by atoms with Crippen molar-refractivity contribution < 1.29 is 9.53 Å². The highest BCUT2D eigenvalue weighted by atomic mass is 79.9. The van der Waals surface area contributed by atoms with Gasteiger partial charge >= 0.3 is 0 Å². The number of carbonyl (C=O) groups excluding carboxylic acids is 1. The molecule has 1 heterocycles. The first-order chi connectivity index (χ1) is 15.4. The molecule has 0 bridgehead atoms. The number of anilines is 1. The van der Waals surface area contributed by atoms with Gasteiger partial charge in [0, 0.05) is 15.6 Å². The van der Waals surface area contributed by atoms with Crippen LogP contribution < -0.4 is 15.4 Å². The van der Waals surface area contributed by atoms with Crippen molar-refractivity contribution in [3.63, 3.8) is 0 Å². The largest absolute Gasteiger partial charge is 0.494 e. The molecule has 0 fully saturated rings. The first-order valence-corrected chi connectivity index (χ1v) is 11.9. The molecule has 32 heavy (non-hydrogen) atoms. The predicted octanol–water partition coefficient (Wildman–Crippen LogP) is 7.17. The third kappa shape index (κ3) is 4.89. The molecular weight excluding hydrogens is 553 g/mol. The maximum atomic E-state index is 12.7. The van der Waals surface area contributed by atoms with Crippen molar-refractivity contribution in [2.24, 2.45) is 0 Å². The van der Waals surface area contributed by atoms with Crippen LogP contribution in [-0.4, -0.2) is 23.1 Å². The Morgan fingerprint density at radius 1 is 1.12 bits per heavy atom. The maximum absolute atomic E-state index is 12.7. The second-order valence-electron chi connectivity index (χ2n) is 6.56. The normalized spacial score (nSPS) is 10.8. The van der Waals surface area contributed by atoms with Crippen LogP contribution >= 0.6 is 62.7 Å². The number of rotatable bonds is 4. The minimum Gasteiger partial charge on any atom is -0.494 e. The lowest BCUT2D eigenvalue weighted by Gasteiger charge is -2.14. The van der Waals surface area contributed by atoms with Gasteiger partial charge in [0.1, 0.15) is 5.01 Å². The number of methoxy groups -OCH3 is 1. The summed E-state index contributed by atoms with van der Waals surface area (Å²) in [5, 5.41) is 7.16. The summed E-state index contributed by atoms with van der Waals surface area (Å²) in [6.07, 6.45) is 0. The van der Waals surface area contributed by atoms with Crippen molar-refractivity contribution in [1.82, 2.24) is 10.3 Å². The zero-order valence-electron chi connectivity index (χ0n) is 16.4. The van der Waals surface area contributed by atoms with Crippen LogP contribution in [0.5, 0.6) is 5.75 Å². The molecule has 2 N–H and O–H groups in total. The van der Waals surface area contributed by atoms with Gasteiger partial charge in [-0.1, -0.05) is 51.3 Å². The van der Waals surface area contributed by atoms with E-state index in [4.69, 9.17) is 45.1 Å². The molecule has 162 valence electrons. The zero-order chi connectivity index (χ0) is 22.8. The summed E-state index contributed by atoms with van der Waals surface area (Å²) < 4.78 is 7.09. The van der Waals surface area contributed by atoms with Gasteiger partial charge in [0.15, 0.2) is 10.9 Å². The highest BCUT2D eigenvalue weighted by Gasteiger charge is 2.16. The molecule has 0 unspecified atom stereocenters. The van der Waals surface area contributed by atoms with Gasteiger partial charge in [0.25, 0.3) is 5.91 Å². The second kappa shape index (κ2) is 9.72. The van der Waals surface area contributed by atoms with Crippen molar-refractivity contribution in [3.05, 3.63) is 74.7 Å². The summed E-state index contributed by atoms with van der Waals surface area (Å²) in [5.74, 6) is -0.145. The number of ether oxygens (including phenoxy) is 1. The Hall–Kier alpha value is -2.23. The quantitative estimate of drug-likeness (QED) is 0.256. The molecule has 1 aromatic heterocycles. The summed E-state index contributed by atoms with van der Waals surface area (Å²) in [5.41, 5.74) is 2.74. The summed E-state index contributed by atoms with van der Waals surface area (Å²) in [7, 11) is 1.45. The standard InChI is InChI=1S/C22H14BrCl2N3O2S2/c1-30-19-14(24)8-11(9-15(19)25)20(29)28-22(31)27-16-7-6-12(23)10-13(16)21-26-17-4-2-3-5-18(17)32-21/h2-10H,1H3,(H2,27,28,29,31). The van der Waals surface area contributed by atoms with Crippen LogP contribution in [-0.2, 0) is 0 Å². The highest BCUT2D eigenvalue weighted by molar-refractivity contribution is 9.10. The molecule has 0 aliphatic heterocycles. The molecule has 0 saturated carbocycles. The van der Waals surface area contributed by atoms with Gasteiger partial charge in [0.2, 0.25) is 0 Å². The van der Waals surface area contributed by atoms with Crippen molar-refractivity contribution in [1.29, 1.82) is 0 Å². The molecule has 4 aromatic rings. The molecule has 5 nitrogen and oxygen atoms in total.